The number of thioether (sulfide) groups is 1. The first-order valence-electron chi connectivity index (χ1n) is 8.30. The maximum atomic E-state index is 12.0. The molecule has 9 heteroatoms. The van der Waals surface area contributed by atoms with Crippen LogP contribution in [0.1, 0.15) is 30.1 Å². The molecule has 0 radical (unpaired) electrons. The van der Waals surface area contributed by atoms with Crippen molar-refractivity contribution in [1.29, 1.82) is 0 Å². The van der Waals surface area contributed by atoms with Crippen LogP contribution in [0.5, 0.6) is 0 Å². The van der Waals surface area contributed by atoms with Crippen LogP contribution in [0.15, 0.2) is 47.6 Å². The Morgan fingerprint density at radius 2 is 1.96 bits per heavy atom. The number of unbranched alkanes of at least 4 members (excludes halogenated alkanes) is 1. The standard InChI is InChI=1S/C18H19N3O5S/c1-2-3-10-26-18(23)13-4-6-14(7-5-13)20-16(22)12-27-17-9-8-15(11-19-17)21(24)25/h4-9,11H,2-3,10,12H2,1H3,(H,20,22). The van der Waals surface area contributed by atoms with Crippen LogP contribution in [0.25, 0.3) is 0 Å². The van der Waals surface area contributed by atoms with Crippen molar-refractivity contribution in [2.24, 2.45) is 0 Å². The molecule has 27 heavy (non-hydrogen) atoms. The first-order chi connectivity index (χ1) is 13.0. The van der Waals surface area contributed by atoms with Gasteiger partial charge in [0.1, 0.15) is 6.20 Å². The molecule has 0 saturated carbocycles. The van der Waals surface area contributed by atoms with E-state index in [1.807, 2.05) is 6.92 Å². The van der Waals surface area contributed by atoms with Crippen molar-refractivity contribution < 1.29 is 19.2 Å². The lowest BCUT2D eigenvalue weighted by Gasteiger charge is -2.07. The molecule has 2 rings (SSSR count). The zero-order chi connectivity index (χ0) is 19.6. The molecule has 0 unspecified atom stereocenters. The molecule has 1 heterocycles. The highest BCUT2D eigenvalue weighted by atomic mass is 32.2. The number of nitrogens with zero attached hydrogens (tertiary/aromatic N) is 2. The highest BCUT2D eigenvalue weighted by Crippen LogP contribution is 2.19. The molecule has 1 amide bonds. The van der Waals surface area contributed by atoms with Gasteiger partial charge in [0.05, 0.1) is 27.9 Å². The number of amides is 1. The fourth-order valence-electron chi connectivity index (χ4n) is 1.98. The summed E-state index contributed by atoms with van der Waals surface area (Å²) < 4.78 is 5.12. The van der Waals surface area contributed by atoms with Crippen molar-refractivity contribution in [3.63, 3.8) is 0 Å². The van der Waals surface area contributed by atoms with Crippen LogP contribution in [0.4, 0.5) is 11.4 Å². The Labute approximate surface area is 160 Å². The Balaban J connectivity index is 1.81. The van der Waals surface area contributed by atoms with Gasteiger partial charge in [-0.1, -0.05) is 25.1 Å². The van der Waals surface area contributed by atoms with E-state index in [9.17, 15) is 19.7 Å². The van der Waals surface area contributed by atoms with Gasteiger partial charge in [-0.15, -0.1) is 0 Å². The number of rotatable bonds is 9. The number of pyridine rings is 1. The number of nitrogens with one attached hydrogen (secondary N) is 1. The lowest BCUT2D eigenvalue weighted by Crippen LogP contribution is -2.14. The molecule has 8 nitrogen and oxygen atoms in total. The maximum absolute atomic E-state index is 12.0. The number of benzene rings is 1. The third-order valence-corrected chi connectivity index (χ3v) is 4.36. The van der Waals surface area contributed by atoms with E-state index in [0.717, 1.165) is 19.0 Å². The number of hydrogen-bond donors (Lipinski definition) is 1. The third-order valence-electron chi connectivity index (χ3n) is 3.42. The fourth-order valence-corrected chi connectivity index (χ4v) is 2.63. The predicted molar refractivity (Wildman–Crippen MR) is 102 cm³/mol. The summed E-state index contributed by atoms with van der Waals surface area (Å²) in [5, 5.41) is 13.8. The van der Waals surface area contributed by atoms with Crippen molar-refractivity contribution >= 4 is 35.0 Å². The molecular weight excluding hydrogens is 370 g/mol. The summed E-state index contributed by atoms with van der Waals surface area (Å²) in [6.45, 7) is 2.41. The van der Waals surface area contributed by atoms with Gasteiger partial charge in [-0.2, -0.15) is 0 Å². The van der Waals surface area contributed by atoms with Gasteiger partial charge in [0, 0.05) is 11.8 Å². The summed E-state index contributed by atoms with van der Waals surface area (Å²) in [4.78, 5) is 37.8. The molecule has 0 aliphatic carbocycles. The molecule has 0 bridgehead atoms. The largest absolute Gasteiger partial charge is 0.462 e. The molecular formula is C18H19N3O5S. The van der Waals surface area contributed by atoms with E-state index in [0.29, 0.717) is 22.9 Å². The van der Waals surface area contributed by atoms with Gasteiger partial charge >= 0.3 is 5.97 Å². The monoisotopic (exact) mass is 389 g/mol. The lowest BCUT2D eigenvalue weighted by molar-refractivity contribution is -0.385. The number of aromatic nitrogens is 1. The molecule has 0 aliphatic rings. The molecule has 0 fully saturated rings. The van der Waals surface area contributed by atoms with Crippen LogP contribution in [0.3, 0.4) is 0 Å². The lowest BCUT2D eigenvalue weighted by atomic mass is 10.2. The molecule has 0 spiro atoms. The third kappa shape index (κ3) is 6.70. The fraction of sp³-hybridized carbons (Fsp3) is 0.278. The van der Waals surface area contributed by atoms with Gasteiger partial charge in [-0.3, -0.25) is 14.9 Å². The van der Waals surface area contributed by atoms with Crippen LogP contribution in [0.2, 0.25) is 0 Å². The van der Waals surface area contributed by atoms with Crippen LogP contribution in [-0.2, 0) is 9.53 Å². The Morgan fingerprint density at radius 1 is 1.22 bits per heavy atom. The first-order valence-corrected chi connectivity index (χ1v) is 9.28. The molecule has 1 aromatic heterocycles. The van der Waals surface area contributed by atoms with Gasteiger partial charge in [-0.05, 0) is 36.8 Å². The van der Waals surface area contributed by atoms with Crippen molar-refractivity contribution in [1.82, 2.24) is 4.98 Å². The molecule has 2 aromatic rings. The van der Waals surface area contributed by atoms with E-state index >= 15 is 0 Å². The zero-order valence-corrected chi connectivity index (χ0v) is 15.5. The van der Waals surface area contributed by atoms with Crippen molar-refractivity contribution in [2.45, 2.75) is 24.8 Å². The summed E-state index contributed by atoms with van der Waals surface area (Å²) in [5.41, 5.74) is 0.882. The number of anilines is 1. The van der Waals surface area contributed by atoms with E-state index in [2.05, 4.69) is 10.3 Å². The van der Waals surface area contributed by atoms with Gasteiger partial charge < -0.3 is 10.1 Å². The number of carbonyl (C=O) groups excluding carboxylic acids is 2. The topological polar surface area (TPSA) is 111 Å². The van der Waals surface area contributed by atoms with E-state index in [1.54, 1.807) is 24.3 Å². The van der Waals surface area contributed by atoms with E-state index in [1.165, 1.54) is 23.9 Å². The Morgan fingerprint density at radius 3 is 2.56 bits per heavy atom. The van der Waals surface area contributed by atoms with Gasteiger partial charge in [0.2, 0.25) is 5.91 Å². The minimum Gasteiger partial charge on any atom is -0.462 e. The average molecular weight is 389 g/mol. The molecule has 1 N–H and O–H groups in total. The summed E-state index contributed by atoms with van der Waals surface area (Å²) in [6.07, 6.45) is 2.92. The average Bonchev–Trinajstić information content (AvgIpc) is 2.67. The number of nitro groups is 1. The zero-order valence-electron chi connectivity index (χ0n) is 14.7. The highest BCUT2D eigenvalue weighted by Gasteiger charge is 2.10. The van der Waals surface area contributed by atoms with E-state index < -0.39 is 4.92 Å². The van der Waals surface area contributed by atoms with Crippen molar-refractivity contribution in [2.75, 3.05) is 17.7 Å². The summed E-state index contributed by atoms with van der Waals surface area (Å²) in [6, 6.07) is 9.27. The van der Waals surface area contributed by atoms with Crippen molar-refractivity contribution in [3.8, 4) is 0 Å². The van der Waals surface area contributed by atoms with Crippen LogP contribution in [0, 0.1) is 10.1 Å². The predicted octanol–water partition coefficient (Wildman–Crippen LogP) is 3.68. The maximum Gasteiger partial charge on any atom is 0.338 e. The second-order valence-corrected chi connectivity index (χ2v) is 6.51. The van der Waals surface area contributed by atoms with Crippen molar-refractivity contribution in [3.05, 3.63) is 58.3 Å². The summed E-state index contributed by atoms with van der Waals surface area (Å²) in [5.74, 6) is -0.537. The van der Waals surface area contributed by atoms with Gasteiger partial charge in [0.25, 0.3) is 5.69 Å². The van der Waals surface area contributed by atoms with Crippen LogP contribution < -0.4 is 5.32 Å². The molecule has 0 atom stereocenters. The number of ether oxygens (including phenoxy) is 1. The molecule has 1 aromatic carbocycles. The number of carbonyl (C=O) groups is 2. The molecule has 0 saturated heterocycles. The SMILES string of the molecule is CCCCOC(=O)c1ccc(NC(=O)CSc2ccc([N+](=O)[O-])cn2)cc1. The highest BCUT2D eigenvalue weighted by molar-refractivity contribution is 7.99. The number of esters is 1. The summed E-state index contributed by atoms with van der Waals surface area (Å²) in [7, 11) is 0. The first kappa shape index (κ1) is 20.4. The van der Waals surface area contributed by atoms with Crippen LogP contribution in [-0.4, -0.2) is 34.1 Å². The Kier molecular flexibility index (Phi) is 7.75. The van der Waals surface area contributed by atoms with Gasteiger partial charge in [0.15, 0.2) is 0 Å². The quantitative estimate of drug-likeness (QED) is 0.229. The number of hydrogen-bond acceptors (Lipinski definition) is 7. The van der Waals surface area contributed by atoms with E-state index in [-0.39, 0.29) is 23.3 Å². The van der Waals surface area contributed by atoms with Crippen LogP contribution >= 0.6 is 11.8 Å². The Hall–Kier alpha value is -2.94. The second kappa shape index (κ2) is 10.3. The summed E-state index contributed by atoms with van der Waals surface area (Å²) >= 11 is 1.17. The minimum atomic E-state index is -0.530. The Bertz CT molecular complexity index is 794. The molecule has 142 valence electrons. The normalized spacial score (nSPS) is 10.3. The smallest absolute Gasteiger partial charge is 0.338 e. The molecule has 0 aliphatic heterocycles. The van der Waals surface area contributed by atoms with E-state index in [4.69, 9.17) is 4.74 Å². The second-order valence-electron chi connectivity index (χ2n) is 5.52. The van der Waals surface area contributed by atoms with Gasteiger partial charge in [-0.25, -0.2) is 9.78 Å². The minimum absolute atomic E-state index is 0.0999.